The van der Waals surface area contributed by atoms with Crippen LogP contribution in [0.25, 0.3) is 16.6 Å². The molecule has 7 heteroatoms. The summed E-state index contributed by atoms with van der Waals surface area (Å²) in [6, 6.07) is 17.8. The Bertz CT molecular complexity index is 1120. The Morgan fingerprint density at radius 1 is 0.920 bits per heavy atom. The Balaban J connectivity index is 1.61. The van der Waals surface area contributed by atoms with Crippen molar-refractivity contribution in [2.75, 3.05) is 4.72 Å². The number of rotatable bonds is 4. The van der Waals surface area contributed by atoms with Crippen LogP contribution < -0.4 is 4.72 Å². The molecule has 25 heavy (non-hydrogen) atoms. The number of hydrogen-bond donors (Lipinski definition) is 1. The molecule has 4 aromatic rings. The lowest BCUT2D eigenvalue weighted by Crippen LogP contribution is -2.13. The molecule has 2 aromatic carbocycles. The average molecular weight is 350 g/mol. The van der Waals surface area contributed by atoms with Gasteiger partial charge in [0.2, 0.25) is 0 Å². The van der Waals surface area contributed by atoms with Crippen LogP contribution in [0.5, 0.6) is 0 Å². The van der Waals surface area contributed by atoms with Gasteiger partial charge in [-0.05, 0) is 41.1 Å². The van der Waals surface area contributed by atoms with E-state index in [2.05, 4.69) is 14.8 Å². The van der Waals surface area contributed by atoms with Gasteiger partial charge in [-0.25, -0.2) is 18.1 Å². The Morgan fingerprint density at radius 2 is 1.76 bits per heavy atom. The lowest BCUT2D eigenvalue weighted by atomic mass is 10.1. The molecular formula is C18H14N4O2S. The summed E-state index contributed by atoms with van der Waals surface area (Å²) in [7, 11) is -3.68. The van der Waals surface area contributed by atoms with E-state index >= 15 is 0 Å². The van der Waals surface area contributed by atoms with Gasteiger partial charge in [-0.15, -0.1) is 0 Å². The van der Waals surface area contributed by atoms with Crippen molar-refractivity contribution in [3.63, 3.8) is 0 Å². The lowest BCUT2D eigenvalue weighted by Gasteiger charge is -2.09. The Labute approximate surface area is 144 Å². The van der Waals surface area contributed by atoms with E-state index in [-0.39, 0.29) is 4.90 Å². The van der Waals surface area contributed by atoms with Gasteiger partial charge in [-0.2, -0.15) is 5.10 Å². The second kappa shape index (κ2) is 6.03. The largest absolute Gasteiger partial charge is 0.278 e. The maximum absolute atomic E-state index is 12.6. The minimum Gasteiger partial charge on any atom is -0.278 e. The first kappa shape index (κ1) is 15.3. The van der Waals surface area contributed by atoms with E-state index in [0.717, 1.165) is 10.8 Å². The minimum atomic E-state index is -3.68. The number of sulfonamides is 1. The van der Waals surface area contributed by atoms with Gasteiger partial charge in [0.1, 0.15) is 0 Å². The van der Waals surface area contributed by atoms with Crippen LogP contribution in [-0.4, -0.2) is 23.2 Å². The molecular weight excluding hydrogens is 336 g/mol. The van der Waals surface area contributed by atoms with Crippen LogP contribution in [-0.2, 0) is 10.0 Å². The molecule has 0 bridgehead atoms. The van der Waals surface area contributed by atoms with Crippen LogP contribution in [0.15, 0.2) is 84.1 Å². The number of pyridine rings is 1. The second-order valence-electron chi connectivity index (χ2n) is 5.47. The van der Waals surface area contributed by atoms with E-state index < -0.39 is 10.0 Å². The highest BCUT2D eigenvalue weighted by Gasteiger charge is 2.15. The zero-order valence-electron chi connectivity index (χ0n) is 13.1. The van der Waals surface area contributed by atoms with Crippen molar-refractivity contribution in [2.45, 2.75) is 4.90 Å². The third-order valence-corrected chi connectivity index (χ3v) is 5.15. The summed E-state index contributed by atoms with van der Waals surface area (Å²) < 4.78 is 29.4. The highest BCUT2D eigenvalue weighted by atomic mass is 32.2. The highest BCUT2D eigenvalue weighted by Crippen LogP contribution is 2.21. The zero-order valence-corrected chi connectivity index (χ0v) is 13.9. The number of nitrogens with one attached hydrogen (secondary N) is 1. The topological polar surface area (TPSA) is 76.9 Å². The van der Waals surface area contributed by atoms with Crippen LogP contribution in [0.4, 0.5) is 5.69 Å². The summed E-state index contributed by atoms with van der Waals surface area (Å²) >= 11 is 0. The maximum Gasteiger partial charge on any atom is 0.261 e. The van der Waals surface area contributed by atoms with Crippen molar-refractivity contribution < 1.29 is 8.42 Å². The second-order valence-corrected chi connectivity index (χ2v) is 7.15. The molecule has 124 valence electrons. The molecule has 0 spiro atoms. The number of fused-ring (bicyclic) bond motifs is 1. The predicted molar refractivity (Wildman–Crippen MR) is 96.1 cm³/mol. The van der Waals surface area contributed by atoms with Gasteiger partial charge in [0.05, 0.1) is 16.8 Å². The fourth-order valence-corrected chi connectivity index (χ4v) is 3.61. The lowest BCUT2D eigenvalue weighted by molar-refractivity contribution is 0.601. The van der Waals surface area contributed by atoms with E-state index in [1.807, 2.05) is 24.3 Å². The molecule has 0 saturated carbocycles. The van der Waals surface area contributed by atoms with E-state index in [1.165, 1.54) is 6.20 Å². The number of benzene rings is 2. The summed E-state index contributed by atoms with van der Waals surface area (Å²) in [4.78, 5) is 4.43. The van der Waals surface area contributed by atoms with Crippen molar-refractivity contribution in [3.05, 3.63) is 79.3 Å². The van der Waals surface area contributed by atoms with E-state index in [1.54, 1.807) is 53.5 Å². The van der Waals surface area contributed by atoms with E-state index in [0.29, 0.717) is 11.5 Å². The molecule has 0 radical (unpaired) electrons. The molecule has 0 aliphatic heterocycles. The Kier molecular flexibility index (Phi) is 3.70. The van der Waals surface area contributed by atoms with E-state index in [4.69, 9.17) is 0 Å². The highest BCUT2D eigenvalue weighted by molar-refractivity contribution is 7.92. The molecule has 0 saturated heterocycles. The summed E-state index contributed by atoms with van der Waals surface area (Å²) in [5, 5.41) is 5.95. The molecule has 0 aliphatic carbocycles. The van der Waals surface area contributed by atoms with Crippen LogP contribution in [0, 0.1) is 0 Å². The standard InChI is InChI=1S/C18H14N4O2S/c23-25(24,17-8-6-14-4-1-2-5-15(14)12-17)21-16-7-9-18(19-13-16)22-11-3-10-20-22/h1-13,21H. The third-order valence-electron chi connectivity index (χ3n) is 3.77. The normalized spacial score (nSPS) is 11.5. The molecule has 2 aromatic heterocycles. The monoisotopic (exact) mass is 350 g/mol. The van der Waals surface area contributed by atoms with Crippen molar-refractivity contribution in [2.24, 2.45) is 0 Å². The smallest absolute Gasteiger partial charge is 0.261 e. The van der Waals surface area contributed by atoms with Crippen LogP contribution in [0.2, 0.25) is 0 Å². The minimum absolute atomic E-state index is 0.211. The summed E-state index contributed by atoms with van der Waals surface area (Å²) in [6.45, 7) is 0. The van der Waals surface area contributed by atoms with Gasteiger partial charge in [-0.3, -0.25) is 4.72 Å². The quantitative estimate of drug-likeness (QED) is 0.613. The average Bonchev–Trinajstić information content (AvgIpc) is 3.16. The first-order chi connectivity index (χ1) is 12.1. The fourth-order valence-electron chi connectivity index (χ4n) is 2.53. The number of aromatic nitrogens is 3. The van der Waals surface area contributed by atoms with Gasteiger partial charge < -0.3 is 0 Å². The van der Waals surface area contributed by atoms with Crippen molar-refractivity contribution >= 4 is 26.5 Å². The molecule has 0 atom stereocenters. The van der Waals surface area contributed by atoms with Crippen molar-refractivity contribution in [1.29, 1.82) is 0 Å². The van der Waals surface area contributed by atoms with Gasteiger partial charge in [0.25, 0.3) is 10.0 Å². The molecule has 6 nitrogen and oxygen atoms in total. The van der Waals surface area contributed by atoms with Gasteiger partial charge in [0.15, 0.2) is 5.82 Å². The maximum atomic E-state index is 12.6. The molecule has 0 unspecified atom stereocenters. The fraction of sp³-hybridized carbons (Fsp3) is 0. The molecule has 1 N–H and O–H groups in total. The third kappa shape index (κ3) is 3.09. The zero-order chi connectivity index (χ0) is 17.3. The summed E-state index contributed by atoms with van der Waals surface area (Å²) in [5.41, 5.74) is 0.393. The molecule has 0 aliphatic rings. The summed E-state index contributed by atoms with van der Waals surface area (Å²) in [6.07, 6.45) is 4.88. The predicted octanol–water partition coefficient (Wildman–Crippen LogP) is 3.22. The summed E-state index contributed by atoms with van der Waals surface area (Å²) in [5.74, 6) is 0.610. The van der Waals surface area contributed by atoms with Crippen LogP contribution in [0.1, 0.15) is 0 Å². The van der Waals surface area contributed by atoms with E-state index in [9.17, 15) is 8.42 Å². The van der Waals surface area contributed by atoms with Gasteiger partial charge in [0, 0.05) is 12.4 Å². The van der Waals surface area contributed by atoms with Gasteiger partial charge in [-0.1, -0.05) is 30.3 Å². The Morgan fingerprint density at radius 3 is 2.48 bits per heavy atom. The first-order valence-electron chi connectivity index (χ1n) is 7.59. The van der Waals surface area contributed by atoms with Gasteiger partial charge >= 0.3 is 0 Å². The number of anilines is 1. The molecule has 0 fully saturated rings. The first-order valence-corrected chi connectivity index (χ1v) is 9.08. The number of hydrogen-bond acceptors (Lipinski definition) is 4. The number of nitrogens with zero attached hydrogens (tertiary/aromatic N) is 3. The van der Waals surface area contributed by atoms with Crippen LogP contribution in [0.3, 0.4) is 0 Å². The SMILES string of the molecule is O=S(=O)(Nc1ccc(-n2cccn2)nc1)c1ccc2ccccc2c1. The molecule has 0 amide bonds. The van der Waals surface area contributed by atoms with Crippen LogP contribution >= 0.6 is 0 Å². The molecule has 2 heterocycles. The molecule has 4 rings (SSSR count). The van der Waals surface area contributed by atoms with Crippen molar-refractivity contribution in [1.82, 2.24) is 14.8 Å². The Hall–Kier alpha value is -3.19. The van der Waals surface area contributed by atoms with Crippen molar-refractivity contribution in [3.8, 4) is 5.82 Å².